The molecule has 3 N–H and O–H groups in total. The van der Waals surface area contributed by atoms with Gasteiger partial charge in [-0.3, -0.25) is 4.79 Å². The predicted molar refractivity (Wildman–Crippen MR) is 41.5 cm³/mol. The van der Waals surface area contributed by atoms with Crippen molar-refractivity contribution in [2.45, 2.75) is 25.8 Å². The lowest BCUT2D eigenvalue weighted by Crippen LogP contribution is -2.38. The second-order valence-electron chi connectivity index (χ2n) is 2.34. The molecule has 62 valence electrons. The molecule has 0 heterocycles. The van der Waals surface area contributed by atoms with Gasteiger partial charge in [-0.1, -0.05) is 0 Å². The van der Waals surface area contributed by atoms with Gasteiger partial charge >= 0.3 is 0 Å². The third-order valence-electron chi connectivity index (χ3n) is 1.18. The van der Waals surface area contributed by atoms with Gasteiger partial charge in [0.15, 0.2) is 0 Å². The Kier molecular flexibility index (Phi) is 5.13. The van der Waals surface area contributed by atoms with E-state index in [1.54, 1.807) is 6.92 Å². The van der Waals surface area contributed by atoms with Gasteiger partial charge in [-0.2, -0.15) is 5.26 Å². The topological polar surface area (TPSA) is 78.9 Å². The average molecular weight is 155 g/mol. The molecule has 0 aromatic carbocycles. The summed E-state index contributed by atoms with van der Waals surface area (Å²) < 4.78 is 0. The van der Waals surface area contributed by atoms with Crippen molar-refractivity contribution in [2.24, 2.45) is 5.73 Å². The lowest BCUT2D eigenvalue weighted by atomic mass is 10.3. The Bertz CT molecular complexity index is 160. The first-order chi connectivity index (χ1) is 5.18. The van der Waals surface area contributed by atoms with E-state index in [-0.39, 0.29) is 5.91 Å². The minimum absolute atomic E-state index is 0.164. The zero-order valence-corrected chi connectivity index (χ0v) is 6.63. The van der Waals surface area contributed by atoms with Gasteiger partial charge in [0.05, 0.1) is 12.1 Å². The van der Waals surface area contributed by atoms with Crippen LogP contribution in [-0.4, -0.2) is 18.5 Å². The number of nitrogens with zero attached hydrogens (tertiary/aromatic N) is 1. The number of amides is 1. The van der Waals surface area contributed by atoms with Crippen molar-refractivity contribution in [3.8, 4) is 6.07 Å². The Hall–Kier alpha value is -1.08. The molecule has 0 unspecified atom stereocenters. The van der Waals surface area contributed by atoms with E-state index in [4.69, 9.17) is 11.0 Å². The highest BCUT2D eigenvalue weighted by Crippen LogP contribution is 1.83. The summed E-state index contributed by atoms with van der Waals surface area (Å²) in [5, 5.41) is 10.8. The number of carbonyl (C=O) groups is 1. The molecule has 0 saturated carbocycles. The molecule has 0 aliphatic heterocycles. The standard InChI is InChI=1S/C7H13N3O/c1-6(9)7(11)10-5-3-2-4-8/h6H,2-3,5,9H2,1H3,(H,10,11)/t6-/m0/s1. The Labute approximate surface area is 66.4 Å². The summed E-state index contributed by atoms with van der Waals surface area (Å²) in [5.41, 5.74) is 5.27. The quantitative estimate of drug-likeness (QED) is 0.549. The van der Waals surface area contributed by atoms with Crippen molar-refractivity contribution in [1.29, 1.82) is 5.26 Å². The van der Waals surface area contributed by atoms with Crippen molar-refractivity contribution in [3.63, 3.8) is 0 Å². The molecule has 4 heteroatoms. The van der Waals surface area contributed by atoms with Crippen LogP contribution in [0.3, 0.4) is 0 Å². The van der Waals surface area contributed by atoms with E-state index in [0.717, 1.165) is 0 Å². The molecule has 0 bridgehead atoms. The van der Waals surface area contributed by atoms with E-state index in [1.807, 2.05) is 6.07 Å². The normalized spacial score (nSPS) is 11.7. The van der Waals surface area contributed by atoms with Crippen molar-refractivity contribution in [1.82, 2.24) is 5.32 Å². The number of unbranched alkanes of at least 4 members (excludes halogenated alkanes) is 1. The molecule has 0 aliphatic rings. The lowest BCUT2D eigenvalue weighted by Gasteiger charge is -2.05. The number of nitrogens with one attached hydrogen (secondary N) is 1. The van der Waals surface area contributed by atoms with E-state index >= 15 is 0 Å². The highest BCUT2D eigenvalue weighted by atomic mass is 16.2. The fraction of sp³-hybridized carbons (Fsp3) is 0.714. The van der Waals surface area contributed by atoms with Gasteiger partial charge in [0, 0.05) is 13.0 Å². The predicted octanol–water partition coefficient (Wildman–Crippen LogP) is -0.246. The molecule has 0 rings (SSSR count). The highest BCUT2D eigenvalue weighted by Gasteiger charge is 2.04. The Morgan fingerprint density at radius 2 is 2.45 bits per heavy atom. The minimum atomic E-state index is -0.461. The molecule has 1 atom stereocenters. The van der Waals surface area contributed by atoms with Crippen LogP contribution >= 0.6 is 0 Å². The van der Waals surface area contributed by atoms with Crippen LogP contribution in [0.25, 0.3) is 0 Å². The molecule has 4 nitrogen and oxygen atoms in total. The highest BCUT2D eigenvalue weighted by molar-refractivity contribution is 5.80. The average Bonchev–Trinajstić information content (AvgIpc) is 1.97. The fourth-order valence-electron chi connectivity index (χ4n) is 0.540. The minimum Gasteiger partial charge on any atom is -0.355 e. The third-order valence-corrected chi connectivity index (χ3v) is 1.18. The van der Waals surface area contributed by atoms with Crippen LogP contribution in [0.1, 0.15) is 19.8 Å². The van der Waals surface area contributed by atoms with Gasteiger partial charge in [0.25, 0.3) is 0 Å². The Balaban J connectivity index is 3.26. The van der Waals surface area contributed by atoms with Crippen molar-refractivity contribution >= 4 is 5.91 Å². The maximum atomic E-state index is 10.8. The number of nitriles is 1. The van der Waals surface area contributed by atoms with Crippen LogP contribution in [0.5, 0.6) is 0 Å². The zero-order valence-electron chi connectivity index (χ0n) is 6.63. The molecular formula is C7H13N3O. The number of nitrogens with two attached hydrogens (primary N) is 1. The lowest BCUT2D eigenvalue weighted by molar-refractivity contribution is -0.121. The smallest absolute Gasteiger partial charge is 0.236 e. The van der Waals surface area contributed by atoms with Crippen LogP contribution in [-0.2, 0) is 4.79 Å². The number of carbonyl (C=O) groups excluding carboxylic acids is 1. The number of hydrogen-bond donors (Lipinski definition) is 2. The molecule has 0 aromatic rings. The molecule has 11 heavy (non-hydrogen) atoms. The summed E-state index contributed by atoms with van der Waals surface area (Å²) in [5.74, 6) is -0.164. The van der Waals surface area contributed by atoms with Gasteiger partial charge in [0.2, 0.25) is 5.91 Å². The van der Waals surface area contributed by atoms with E-state index in [2.05, 4.69) is 5.32 Å². The molecule has 0 saturated heterocycles. The van der Waals surface area contributed by atoms with Gasteiger partial charge < -0.3 is 11.1 Å². The molecule has 1 amide bonds. The van der Waals surface area contributed by atoms with Gasteiger partial charge in [0.1, 0.15) is 0 Å². The summed E-state index contributed by atoms with van der Waals surface area (Å²) >= 11 is 0. The number of hydrogen-bond acceptors (Lipinski definition) is 3. The first-order valence-electron chi connectivity index (χ1n) is 3.58. The van der Waals surface area contributed by atoms with Crippen LogP contribution in [0.2, 0.25) is 0 Å². The van der Waals surface area contributed by atoms with Gasteiger partial charge in [-0.05, 0) is 13.3 Å². The van der Waals surface area contributed by atoms with Crippen LogP contribution in [0.4, 0.5) is 0 Å². The second kappa shape index (κ2) is 5.69. The summed E-state index contributed by atoms with van der Waals surface area (Å²) in [6, 6.07) is 1.53. The molecule has 0 fully saturated rings. The SMILES string of the molecule is C[C@H](N)C(=O)NCCCC#N. The maximum absolute atomic E-state index is 10.8. The van der Waals surface area contributed by atoms with Gasteiger partial charge in [-0.25, -0.2) is 0 Å². The second-order valence-corrected chi connectivity index (χ2v) is 2.34. The van der Waals surface area contributed by atoms with E-state index in [0.29, 0.717) is 19.4 Å². The Morgan fingerprint density at radius 1 is 1.82 bits per heavy atom. The summed E-state index contributed by atoms with van der Waals surface area (Å²) in [7, 11) is 0. The number of rotatable bonds is 4. The third kappa shape index (κ3) is 5.37. The molecule has 0 aliphatic carbocycles. The van der Waals surface area contributed by atoms with Crippen molar-refractivity contribution in [3.05, 3.63) is 0 Å². The van der Waals surface area contributed by atoms with E-state index < -0.39 is 6.04 Å². The summed E-state index contributed by atoms with van der Waals surface area (Å²) in [6.45, 7) is 2.16. The fourth-order valence-corrected chi connectivity index (χ4v) is 0.540. The first kappa shape index (κ1) is 9.92. The van der Waals surface area contributed by atoms with Gasteiger partial charge in [-0.15, -0.1) is 0 Å². The van der Waals surface area contributed by atoms with E-state index in [9.17, 15) is 4.79 Å². The molecule has 0 radical (unpaired) electrons. The van der Waals surface area contributed by atoms with Crippen molar-refractivity contribution < 1.29 is 4.79 Å². The Morgan fingerprint density at radius 3 is 2.91 bits per heavy atom. The zero-order chi connectivity index (χ0) is 8.69. The summed E-state index contributed by atoms with van der Waals surface area (Å²) in [6.07, 6.45) is 1.16. The van der Waals surface area contributed by atoms with Crippen molar-refractivity contribution in [2.75, 3.05) is 6.54 Å². The van der Waals surface area contributed by atoms with Crippen LogP contribution < -0.4 is 11.1 Å². The maximum Gasteiger partial charge on any atom is 0.236 e. The molecule has 0 aromatic heterocycles. The van der Waals surface area contributed by atoms with Crippen LogP contribution in [0, 0.1) is 11.3 Å². The largest absolute Gasteiger partial charge is 0.355 e. The monoisotopic (exact) mass is 155 g/mol. The van der Waals surface area contributed by atoms with E-state index in [1.165, 1.54) is 0 Å². The molecular weight excluding hydrogens is 142 g/mol. The summed E-state index contributed by atoms with van der Waals surface area (Å²) in [4.78, 5) is 10.8. The first-order valence-corrected chi connectivity index (χ1v) is 3.58. The van der Waals surface area contributed by atoms with Crippen LogP contribution in [0.15, 0.2) is 0 Å². The molecule has 0 spiro atoms.